The minimum Gasteiger partial charge on any atom is -0.316 e. The maximum absolute atomic E-state index is 5.22. The zero-order valence-corrected chi connectivity index (χ0v) is 16.7. The second kappa shape index (κ2) is 8.02. The highest BCUT2D eigenvalue weighted by Crippen LogP contribution is 2.57. The molecule has 0 amide bonds. The molecule has 1 N–H and O–H groups in total. The molecule has 2 unspecified atom stereocenters. The first-order valence-corrected chi connectivity index (χ1v) is 10.7. The van der Waals surface area contributed by atoms with Gasteiger partial charge in [0.2, 0.25) is 0 Å². The molecule has 1 aliphatic rings. The molecule has 0 saturated heterocycles. The largest absolute Gasteiger partial charge is 0.316 e. The predicted molar refractivity (Wildman–Crippen MR) is 121 cm³/mol. The van der Waals surface area contributed by atoms with Gasteiger partial charge in [-0.05, 0) is 11.1 Å². The van der Waals surface area contributed by atoms with Gasteiger partial charge in [0.05, 0.1) is 6.04 Å². The normalized spacial score (nSPS) is 21.0. The third-order valence-corrected chi connectivity index (χ3v) is 6.02. The summed E-state index contributed by atoms with van der Waals surface area (Å²) in [4.78, 5) is 9.61. The molecular formula is C25H21N3S. The molecule has 0 radical (unpaired) electrons. The van der Waals surface area contributed by atoms with Crippen LogP contribution in [0.25, 0.3) is 0 Å². The Morgan fingerprint density at radius 3 is 1.83 bits per heavy atom. The van der Waals surface area contributed by atoms with E-state index in [0.29, 0.717) is 11.8 Å². The second-order valence-electron chi connectivity index (χ2n) is 7.17. The van der Waals surface area contributed by atoms with Crippen LogP contribution in [0.2, 0.25) is 0 Å². The Morgan fingerprint density at radius 2 is 1.31 bits per heavy atom. The molecule has 142 valence electrons. The van der Waals surface area contributed by atoms with Gasteiger partial charge in [-0.2, -0.15) is 0 Å². The van der Waals surface area contributed by atoms with Gasteiger partial charge in [0, 0.05) is 29.0 Å². The van der Waals surface area contributed by atoms with E-state index in [2.05, 4.69) is 83.1 Å². The molecule has 1 aromatic heterocycles. The zero-order valence-electron chi connectivity index (χ0n) is 15.8. The maximum atomic E-state index is 5.22. The fourth-order valence-corrected chi connectivity index (χ4v) is 4.45. The molecule has 5 rings (SSSR count). The van der Waals surface area contributed by atoms with E-state index in [1.54, 1.807) is 11.3 Å². The minimum atomic E-state index is 0.197. The molecule has 1 aliphatic carbocycles. The van der Waals surface area contributed by atoms with Gasteiger partial charge in [-0.3, -0.25) is 4.99 Å². The summed E-state index contributed by atoms with van der Waals surface area (Å²) in [5.41, 5.74) is 3.77. The van der Waals surface area contributed by atoms with Crippen LogP contribution in [0.1, 0.15) is 28.5 Å². The van der Waals surface area contributed by atoms with Gasteiger partial charge in [0.25, 0.3) is 0 Å². The lowest BCUT2D eigenvalue weighted by atomic mass is 10.0. The standard InChI is InChI=1S/C25H21N3S/c1-4-10-18(11-5-1)21-22(19-12-6-2-7-13-19)23(21)27-24(20-14-8-3-9-15-20)28-25-26-16-17-29-25/h1-17,21-23H,(H,26,27,28). The van der Waals surface area contributed by atoms with Gasteiger partial charge in [-0.1, -0.05) is 91.0 Å². The molecule has 4 heteroatoms. The Kier molecular flexibility index (Phi) is 4.93. The van der Waals surface area contributed by atoms with Crippen LogP contribution in [-0.2, 0) is 0 Å². The van der Waals surface area contributed by atoms with Crippen molar-refractivity contribution in [1.29, 1.82) is 0 Å². The van der Waals surface area contributed by atoms with E-state index in [9.17, 15) is 0 Å². The van der Waals surface area contributed by atoms with Gasteiger partial charge in [0.15, 0.2) is 5.13 Å². The van der Waals surface area contributed by atoms with Crippen LogP contribution in [0.4, 0.5) is 5.13 Å². The molecular weight excluding hydrogens is 374 g/mol. The molecule has 0 aliphatic heterocycles. The average molecular weight is 396 g/mol. The van der Waals surface area contributed by atoms with Crippen LogP contribution in [-0.4, -0.2) is 16.9 Å². The third kappa shape index (κ3) is 3.84. The summed E-state index contributed by atoms with van der Waals surface area (Å²) in [6.07, 6.45) is 1.81. The lowest BCUT2D eigenvalue weighted by Gasteiger charge is -2.08. The van der Waals surface area contributed by atoms with Gasteiger partial charge in [0.1, 0.15) is 5.84 Å². The molecule has 0 spiro atoms. The van der Waals surface area contributed by atoms with E-state index < -0.39 is 0 Å². The molecule has 2 atom stereocenters. The number of anilines is 1. The van der Waals surface area contributed by atoms with Crippen molar-refractivity contribution in [2.45, 2.75) is 17.9 Å². The molecule has 1 saturated carbocycles. The Hall–Kier alpha value is -3.24. The summed E-state index contributed by atoms with van der Waals surface area (Å²) in [6, 6.07) is 32.0. The van der Waals surface area contributed by atoms with E-state index in [4.69, 9.17) is 4.99 Å². The topological polar surface area (TPSA) is 37.3 Å². The first-order chi connectivity index (χ1) is 14.4. The van der Waals surface area contributed by atoms with Crippen molar-refractivity contribution < 1.29 is 0 Å². The number of benzene rings is 3. The first-order valence-electron chi connectivity index (χ1n) is 9.80. The maximum Gasteiger partial charge on any atom is 0.188 e. The van der Waals surface area contributed by atoms with Crippen molar-refractivity contribution in [1.82, 2.24) is 4.98 Å². The number of hydrogen-bond acceptors (Lipinski definition) is 3. The van der Waals surface area contributed by atoms with Crippen molar-refractivity contribution in [3.8, 4) is 0 Å². The predicted octanol–water partition coefficient (Wildman–Crippen LogP) is 5.95. The highest BCUT2D eigenvalue weighted by molar-refractivity contribution is 7.13. The van der Waals surface area contributed by atoms with Gasteiger partial charge in [-0.25, -0.2) is 4.98 Å². The summed E-state index contributed by atoms with van der Waals surface area (Å²) in [5, 5.41) is 6.28. The van der Waals surface area contributed by atoms with Crippen molar-refractivity contribution in [3.05, 3.63) is 119 Å². The number of thiazole rings is 1. The summed E-state index contributed by atoms with van der Waals surface area (Å²) in [5.74, 6) is 1.65. The molecule has 1 heterocycles. The van der Waals surface area contributed by atoms with Crippen molar-refractivity contribution in [2.75, 3.05) is 5.32 Å². The van der Waals surface area contributed by atoms with Crippen LogP contribution < -0.4 is 5.32 Å². The number of amidine groups is 1. The summed E-state index contributed by atoms with van der Waals surface area (Å²) in [6.45, 7) is 0. The van der Waals surface area contributed by atoms with Crippen LogP contribution in [0, 0.1) is 0 Å². The number of nitrogens with one attached hydrogen (secondary N) is 1. The smallest absolute Gasteiger partial charge is 0.188 e. The fraction of sp³-hybridized carbons (Fsp3) is 0.120. The Balaban J connectivity index is 1.53. The molecule has 1 fully saturated rings. The quantitative estimate of drug-likeness (QED) is 0.335. The van der Waals surface area contributed by atoms with Gasteiger partial charge in [-0.15, -0.1) is 11.3 Å². The molecule has 29 heavy (non-hydrogen) atoms. The van der Waals surface area contributed by atoms with Crippen LogP contribution in [0.5, 0.6) is 0 Å². The monoisotopic (exact) mass is 395 g/mol. The number of aliphatic imine (C=N–C) groups is 1. The van der Waals surface area contributed by atoms with Crippen LogP contribution >= 0.6 is 11.3 Å². The fourth-order valence-electron chi connectivity index (χ4n) is 3.93. The highest BCUT2D eigenvalue weighted by atomic mass is 32.1. The van der Waals surface area contributed by atoms with Crippen LogP contribution in [0.15, 0.2) is 108 Å². The van der Waals surface area contributed by atoms with Crippen molar-refractivity contribution in [2.24, 2.45) is 4.99 Å². The van der Waals surface area contributed by atoms with E-state index >= 15 is 0 Å². The first kappa shape index (κ1) is 17.8. The minimum absolute atomic E-state index is 0.197. The molecule has 4 aromatic rings. The van der Waals surface area contributed by atoms with E-state index in [0.717, 1.165) is 16.5 Å². The summed E-state index contributed by atoms with van der Waals surface area (Å²) in [7, 11) is 0. The van der Waals surface area contributed by atoms with E-state index in [1.807, 2.05) is 29.8 Å². The average Bonchev–Trinajstić information content (AvgIpc) is 3.26. The molecule has 0 bridgehead atoms. The molecule has 3 nitrogen and oxygen atoms in total. The SMILES string of the molecule is c1ccc(C(=NC2C(c3ccccc3)C2c2ccccc2)Nc2nccs2)cc1. The Morgan fingerprint density at radius 1 is 0.759 bits per heavy atom. The number of nitrogens with zero attached hydrogens (tertiary/aromatic N) is 2. The Bertz CT molecular complexity index is 1030. The third-order valence-electron chi connectivity index (χ3n) is 5.33. The highest BCUT2D eigenvalue weighted by Gasteiger charge is 2.52. The van der Waals surface area contributed by atoms with Crippen LogP contribution in [0.3, 0.4) is 0 Å². The lowest BCUT2D eigenvalue weighted by molar-refractivity contribution is 0.980. The van der Waals surface area contributed by atoms with Crippen molar-refractivity contribution >= 4 is 22.3 Å². The van der Waals surface area contributed by atoms with Crippen molar-refractivity contribution in [3.63, 3.8) is 0 Å². The summed E-state index contributed by atoms with van der Waals surface area (Å²) < 4.78 is 0. The second-order valence-corrected chi connectivity index (χ2v) is 8.06. The van der Waals surface area contributed by atoms with Gasteiger partial charge < -0.3 is 5.32 Å². The number of aromatic nitrogens is 1. The van der Waals surface area contributed by atoms with Gasteiger partial charge >= 0.3 is 0 Å². The number of rotatable bonds is 5. The van der Waals surface area contributed by atoms with E-state index in [-0.39, 0.29) is 6.04 Å². The Labute approximate surface area is 174 Å². The summed E-state index contributed by atoms with van der Waals surface area (Å²) >= 11 is 1.58. The molecule has 3 aromatic carbocycles. The lowest BCUT2D eigenvalue weighted by Crippen LogP contribution is -2.15. The zero-order chi connectivity index (χ0) is 19.5. The van der Waals surface area contributed by atoms with E-state index in [1.165, 1.54) is 11.1 Å². The number of hydrogen-bond donors (Lipinski definition) is 1.